The van der Waals surface area contributed by atoms with Gasteiger partial charge in [-0.05, 0) is 24.5 Å². The van der Waals surface area contributed by atoms with Crippen LogP contribution in [-0.4, -0.2) is 34.7 Å². The van der Waals surface area contributed by atoms with Crippen molar-refractivity contribution in [2.75, 3.05) is 13.1 Å². The average Bonchev–Trinajstić information content (AvgIpc) is 3.14. The lowest BCUT2D eigenvalue weighted by atomic mass is 10.2. The van der Waals surface area contributed by atoms with Crippen molar-refractivity contribution < 1.29 is 9.59 Å². The van der Waals surface area contributed by atoms with E-state index in [0.29, 0.717) is 25.9 Å². The highest BCUT2D eigenvalue weighted by atomic mass is 16.2. The van der Waals surface area contributed by atoms with Gasteiger partial charge in [-0.2, -0.15) is 0 Å². The zero-order valence-corrected chi connectivity index (χ0v) is 12.6. The average molecular weight is 296 g/mol. The molecule has 0 bridgehead atoms. The largest absolute Gasteiger partial charge is 0.298 e. The minimum absolute atomic E-state index is 0.110. The third-order valence-corrected chi connectivity index (χ3v) is 4.03. The summed E-state index contributed by atoms with van der Waals surface area (Å²) in [6, 6.07) is 9.99. The van der Waals surface area contributed by atoms with E-state index in [1.54, 1.807) is 9.80 Å². The SMILES string of the molecule is O=C1CCCN1C(=C/C=C/c1ccccc1)N1CCCC1=O. The summed E-state index contributed by atoms with van der Waals surface area (Å²) in [6.07, 6.45) is 8.66. The predicted molar refractivity (Wildman–Crippen MR) is 85.5 cm³/mol. The Morgan fingerprint density at radius 3 is 2.00 bits per heavy atom. The van der Waals surface area contributed by atoms with Gasteiger partial charge in [-0.3, -0.25) is 19.4 Å². The van der Waals surface area contributed by atoms with E-state index in [9.17, 15) is 9.59 Å². The highest BCUT2D eigenvalue weighted by molar-refractivity contribution is 5.84. The predicted octanol–water partition coefficient (Wildman–Crippen LogP) is 2.79. The van der Waals surface area contributed by atoms with E-state index in [1.165, 1.54) is 0 Å². The molecule has 22 heavy (non-hydrogen) atoms. The van der Waals surface area contributed by atoms with Crippen molar-refractivity contribution in [1.29, 1.82) is 0 Å². The van der Waals surface area contributed by atoms with Crippen molar-refractivity contribution in [3.05, 3.63) is 53.9 Å². The van der Waals surface area contributed by atoms with Crippen molar-refractivity contribution in [3.63, 3.8) is 0 Å². The zero-order chi connectivity index (χ0) is 15.4. The van der Waals surface area contributed by atoms with Gasteiger partial charge in [0, 0.05) is 25.9 Å². The van der Waals surface area contributed by atoms with E-state index in [2.05, 4.69) is 0 Å². The maximum absolute atomic E-state index is 12.0. The van der Waals surface area contributed by atoms with Crippen LogP contribution in [0.1, 0.15) is 31.2 Å². The molecule has 2 fully saturated rings. The summed E-state index contributed by atoms with van der Waals surface area (Å²) in [5, 5.41) is 0. The topological polar surface area (TPSA) is 40.6 Å². The molecule has 4 nitrogen and oxygen atoms in total. The number of carbonyl (C=O) groups excluding carboxylic acids is 2. The Balaban J connectivity index is 1.84. The standard InChI is InChI=1S/C18H20N2O2/c21-17-11-5-13-19(17)16(20-14-6-12-18(20)22)10-4-9-15-7-2-1-3-8-15/h1-4,7-10H,5-6,11-14H2/b9-4+. The second-order valence-electron chi connectivity index (χ2n) is 5.59. The molecule has 2 saturated heterocycles. The highest BCUT2D eigenvalue weighted by Gasteiger charge is 2.31. The lowest BCUT2D eigenvalue weighted by Gasteiger charge is -2.27. The van der Waals surface area contributed by atoms with Crippen LogP contribution in [0.3, 0.4) is 0 Å². The monoisotopic (exact) mass is 296 g/mol. The molecular formula is C18H20N2O2. The molecule has 0 unspecified atom stereocenters. The molecule has 2 amide bonds. The van der Waals surface area contributed by atoms with Gasteiger partial charge in [0.05, 0.1) is 0 Å². The number of hydrogen-bond acceptors (Lipinski definition) is 2. The summed E-state index contributed by atoms with van der Waals surface area (Å²) in [5.74, 6) is 0.954. The van der Waals surface area contributed by atoms with Gasteiger partial charge in [-0.15, -0.1) is 0 Å². The molecule has 0 radical (unpaired) electrons. The summed E-state index contributed by atoms with van der Waals surface area (Å²) >= 11 is 0. The third kappa shape index (κ3) is 3.11. The number of rotatable bonds is 4. The summed E-state index contributed by atoms with van der Waals surface area (Å²) in [5.41, 5.74) is 1.10. The number of amides is 2. The third-order valence-electron chi connectivity index (χ3n) is 4.03. The molecule has 4 heteroatoms. The Labute approximate surface area is 130 Å². The molecule has 0 N–H and O–H groups in total. The lowest BCUT2D eigenvalue weighted by Crippen LogP contribution is -2.36. The normalized spacial score (nSPS) is 18.5. The van der Waals surface area contributed by atoms with Crippen molar-refractivity contribution in [3.8, 4) is 0 Å². The Bertz CT molecular complexity index is 591. The van der Waals surface area contributed by atoms with Gasteiger partial charge in [0.2, 0.25) is 11.8 Å². The molecule has 2 aliphatic rings. The van der Waals surface area contributed by atoms with E-state index in [-0.39, 0.29) is 11.8 Å². The molecule has 3 rings (SSSR count). The minimum atomic E-state index is 0.110. The van der Waals surface area contributed by atoms with E-state index in [4.69, 9.17) is 0 Å². The van der Waals surface area contributed by atoms with Gasteiger partial charge in [-0.1, -0.05) is 42.5 Å². The van der Waals surface area contributed by atoms with Gasteiger partial charge >= 0.3 is 0 Å². The smallest absolute Gasteiger partial charge is 0.228 e. The summed E-state index contributed by atoms with van der Waals surface area (Å²) in [4.78, 5) is 27.6. The molecule has 1 aromatic carbocycles. The maximum Gasteiger partial charge on any atom is 0.228 e. The molecule has 0 aromatic heterocycles. The minimum Gasteiger partial charge on any atom is -0.298 e. The van der Waals surface area contributed by atoms with Crippen LogP contribution in [0.25, 0.3) is 6.08 Å². The second kappa shape index (κ2) is 6.60. The van der Waals surface area contributed by atoms with Crippen molar-refractivity contribution in [2.45, 2.75) is 25.7 Å². The van der Waals surface area contributed by atoms with E-state index in [0.717, 1.165) is 24.2 Å². The van der Waals surface area contributed by atoms with Gasteiger partial charge in [0.25, 0.3) is 0 Å². The van der Waals surface area contributed by atoms with Crippen molar-refractivity contribution in [2.24, 2.45) is 0 Å². The number of benzene rings is 1. The van der Waals surface area contributed by atoms with Gasteiger partial charge in [-0.25, -0.2) is 0 Å². The first-order valence-corrected chi connectivity index (χ1v) is 7.80. The molecule has 114 valence electrons. The van der Waals surface area contributed by atoms with Crippen LogP contribution in [0.2, 0.25) is 0 Å². The first-order chi connectivity index (χ1) is 10.8. The number of carbonyl (C=O) groups is 2. The van der Waals surface area contributed by atoms with Crippen LogP contribution in [-0.2, 0) is 9.59 Å². The quantitative estimate of drug-likeness (QED) is 0.802. The number of hydrogen-bond donors (Lipinski definition) is 0. The molecular weight excluding hydrogens is 276 g/mol. The highest BCUT2D eigenvalue weighted by Crippen LogP contribution is 2.24. The Morgan fingerprint density at radius 1 is 0.909 bits per heavy atom. The molecule has 0 saturated carbocycles. The Hall–Kier alpha value is -2.36. The maximum atomic E-state index is 12.0. The molecule has 2 heterocycles. The molecule has 0 atom stereocenters. The van der Waals surface area contributed by atoms with Gasteiger partial charge in [0.15, 0.2) is 0 Å². The van der Waals surface area contributed by atoms with E-state index in [1.807, 2.05) is 48.6 Å². The number of nitrogens with zero attached hydrogens (tertiary/aromatic N) is 2. The van der Waals surface area contributed by atoms with E-state index >= 15 is 0 Å². The van der Waals surface area contributed by atoms with E-state index < -0.39 is 0 Å². The first kappa shape index (κ1) is 14.6. The number of likely N-dealkylation sites (tertiary alicyclic amines) is 2. The fraction of sp³-hybridized carbons (Fsp3) is 0.333. The Kier molecular flexibility index (Phi) is 4.37. The molecule has 2 aliphatic heterocycles. The zero-order valence-electron chi connectivity index (χ0n) is 12.6. The van der Waals surface area contributed by atoms with Gasteiger partial charge in [0.1, 0.15) is 5.82 Å². The van der Waals surface area contributed by atoms with Crippen LogP contribution in [0.4, 0.5) is 0 Å². The van der Waals surface area contributed by atoms with Gasteiger partial charge < -0.3 is 0 Å². The second-order valence-corrected chi connectivity index (χ2v) is 5.59. The fourth-order valence-electron chi connectivity index (χ4n) is 2.92. The summed E-state index contributed by atoms with van der Waals surface area (Å²) < 4.78 is 0. The van der Waals surface area contributed by atoms with Crippen LogP contribution in [0.15, 0.2) is 48.3 Å². The summed E-state index contributed by atoms with van der Waals surface area (Å²) in [7, 11) is 0. The van der Waals surface area contributed by atoms with Crippen LogP contribution in [0.5, 0.6) is 0 Å². The lowest BCUT2D eigenvalue weighted by molar-refractivity contribution is -0.130. The molecule has 0 aliphatic carbocycles. The van der Waals surface area contributed by atoms with Crippen LogP contribution >= 0.6 is 0 Å². The molecule has 1 aromatic rings. The Morgan fingerprint density at radius 2 is 1.50 bits per heavy atom. The molecule has 0 spiro atoms. The first-order valence-electron chi connectivity index (χ1n) is 7.80. The fourth-order valence-corrected chi connectivity index (χ4v) is 2.92. The van der Waals surface area contributed by atoms with Crippen LogP contribution in [0, 0.1) is 0 Å². The summed E-state index contributed by atoms with van der Waals surface area (Å²) in [6.45, 7) is 1.40. The van der Waals surface area contributed by atoms with Crippen LogP contribution < -0.4 is 0 Å². The van der Waals surface area contributed by atoms with Crippen molar-refractivity contribution >= 4 is 17.9 Å². The number of allylic oxidation sites excluding steroid dienone is 2. The van der Waals surface area contributed by atoms with Crippen molar-refractivity contribution in [1.82, 2.24) is 9.80 Å².